The predicted octanol–water partition coefficient (Wildman–Crippen LogP) is -3.10. The van der Waals surface area contributed by atoms with E-state index in [-0.39, 0.29) is 38.3 Å². The molecule has 0 aromatic heterocycles. The topological polar surface area (TPSA) is 197 Å². The van der Waals surface area contributed by atoms with Crippen molar-refractivity contribution in [2.75, 3.05) is 38.0 Å². The summed E-state index contributed by atoms with van der Waals surface area (Å²) in [5.74, 6) is -2.18. The second kappa shape index (κ2) is 12.4. The van der Waals surface area contributed by atoms with Gasteiger partial charge in [0.25, 0.3) is 0 Å². The molecule has 0 heterocycles. The van der Waals surface area contributed by atoms with Gasteiger partial charge >= 0.3 is 13.3 Å². The quantitative estimate of drug-likeness (QED) is 0.168. The summed E-state index contributed by atoms with van der Waals surface area (Å²) in [5, 5.41) is 22.6. The van der Waals surface area contributed by atoms with Gasteiger partial charge in [-0.3, -0.25) is 14.4 Å². The van der Waals surface area contributed by atoms with Gasteiger partial charge in [0.2, 0.25) is 17.7 Å². The van der Waals surface area contributed by atoms with Crippen LogP contribution in [0.3, 0.4) is 0 Å². The van der Waals surface area contributed by atoms with E-state index in [1.54, 1.807) is 0 Å². The number of rotatable bonds is 11. The Morgan fingerprint density at radius 2 is 1.69 bits per heavy atom. The highest BCUT2D eigenvalue weighted by Gasteiger charge is 2.32. The van der Waals surface area contributed by atoms with Crippen LogP contribution in [0.15, 0.2) is 18.2 Å². The summed E-state index contributed by atoms with van der Waals surface area (Å²) in [6.07, 6.45) is -5.15. The maximum absolute atomic E-state index is 13.0. The van der Waals surface area contributed by atoms with E-state index >= 15 is 0 Å². The van der Waals surface area contributed by atoms with E-state index in [4.69, 9.17) is 27.2 Å². The van der Waals surface area contributed by atoms with E-state index in [1.807, 2.05) is 0 Å². The molecule has 1 atom stereocenters. The van der Waals surface area contributed by atoms with E-state index in [9.17, 15) is 27.6 Å². The molecule has 15 heteroatoms. The summed E-state index contributed by atoms with van der Waals surface area (Å²) < 4.78 is 38.9. The van der Waals surface area contributed by atoms with Crippen molar-refractivity contribution in [3.8, 4) is 0 Å². The number of carbonyl (C=O) groups is 3. The minimum atomic E-state index is -4.79. The van der Waals surface area contributed by atoms with Gasteiger partial charge in [0.1, 0.15) is 0 Å². The zero-order chi connectivity index (χ0) is 24.5. The monoisotopic (exact) mass is 462 g/mol. The number of halogens is 3. The van der Waals surface area contributed by atoms with Crippen LogP contribution in [0, 0.1) is 0 Å². The van der Waals surface area contributed by atoms with Crippen LogP contribution in [0.4, 0.5) is 18.9 Å². The molecule has 1 unspecified atom stereocenters. The lowest BCUT2D eigenvalue weighted by Crippen LogP contribution is -2.47. The second-order valence-electron chi connectivity index (χ2n) is 6.75. The molecule has 0 fully saturated rings. The number of benzene rings is 1. The van der Waals surface area contributed by atoms with Crippen molar-refractivity contribution in [3.05, 3.63) is 23.8 Å². The number of amides is 3. The van der Waals surface area contributed by atoms with E-state index < -0.39 is 54.6 Å². The smallest absolute Gasteiger partial charge is 0.423 e. The zero-order valence-electron chi connectivity index (χ0n) is 17.1. The van der Waals surface area contributed by atoms with Gasteiger partial charge in [-0.1, -0.05) is 6.07 Å². The van der Waals surface area contributed by atoms with Crippen LogP contribution in [-0.4, -0.2) is 78.6 Å². The van der Waals surface area contributed by atoms with Crippen molar-refractivity contribution in [1.29, 1.82) is 0 Å². The Morgan fingerprint density at radius 3 is 2.19 bits per heavy atom. The van der Waals surface area contributed by atoms with Gasteiger partial charge in [-0.2, -0.15) is 13.2 Å². The molecule has 0 radical (unpaired) electrons. The molecular weight excluding hydrogens is 436 g/mol. The molecule has 1 aromatic carbocycles. The third kappa shape index (κ3) is 8.80. The van der Waals surface area contributed by atoms with Gasteiger partial charge in [0.05, 0.1) is 24.6 Å². The minimum Gasteiger partial charge on any atom is -0.423 e. The van der Waals surface area contributed by atoms with Gasteiger partial charge in [-0.05, 0) is 17.6 Å². The lowest BCUT2D eigenvalue weighted by molar-refractivity contribution is -0.137. The lowest BCUT2D eigenvalue weighted by atomic mass is 9.79. The van der Waals surface area contributed by atoms with Crippen LogP contribution in [0.5, 0.6) is 0 Å². The summed E-state index contributed by atoms with van der Waals surface area (Å²) in [5.41, 5.74) is 14.4. The molecular formula is C17H26BF3N6O5. The third-order valence-electron chi connectivity index (χ3n) is 4.17. The second-order valence-corrected chi connectivity index (χ2v) is 6.75. The molecule has 1 aromatic rings. The molecule has 0 aliphatic rings. The van der Waals surface area contributed by atoms with Crippen molar-refractivity contribution >= 4 is 36.0 Å². The Morgan fingerprint density at radius 1 is 1.09 bits per heavy atom. The molecule has 0 saturated carbocycles. The summed E-state index contributed by atoms with van der Waals surface area (Å²) >= 11 is 0. The largest absolute Gasteiger partial charge is 0.488 e. The van der Waals surface area contributed by atoms with Crippen LogP contribution < -0.4 is 33.3 Å². The van der Waals surface area contributed by atoms with Crippen molar-refractivity contribution in [2.24, 2.45) is 17.2 Å². The highest BCUT2D eigenvalue weighted by atomic mass is 19.4. The standard InChI is InChI=1S/C17H26BF3N6O5/c19-17(20,21)10-5-11(18(31)32)7-12(6-10)26-14(28)9-25-16(30)13(24)8-15(29)27(3-1-22)4-2-23/h5-7,13,31-32H,1-4,8-9,22-24H2,(H,25,30)(H,26,28). The van der Waals surface area contributed by atoms with Gasteiger partial charge in [-0.25, -0.2) is 0 Å². The lowest BCUT2D eigenvalue weighted by Gasteiger charge is -2.22. The SMILES string of the molecule is NCCN(CCN)C(=O)CC(N)C(=O)NCC(=O)Nc1cc(B(O)O)cc(C(F)(F)F)c1. The first-order chi connectivity index (χ1) is 14.9. The molecule has 10 N–H and O–H groups in total. The number of alkyl halides is 3. The fraction of sp³-hybridized carbons (Fsp3) is 0.471. The fourth-order valence-electron chi connectivity index (χ4n) is 2.62. The predicted molar refractivity (Wildman–Crippen MR) is 110 cm³/mol. The number of nitrogens with one attached hydrogen (secondary N) is 2. The van der Waals surface area contributed by atoms with Crippen molar-refractivity contribution in [2.45, 2.75) is 18.6 Å². The first-order valence-corrected chi connectivity index (χ1v) is 9.48. The van der Waals surface area contributed by atoms with E-state index in [0.29, 0.717) is 12.1 Å². The summed E-state index contributed by atoms with van der Waals surface area (Å²) in [6, 6.07) is 0.780. The summed E-state index contributed by atoms with van der Waals surface area (Å²) in [4.78, 5) is 37.6. The average Bonchev–Trinajstić information content (AvgIpc) is 2.70. The van der Waals surface area contributed by atoms with E-state index in [1.165, 1.54) is 4.90 Å². The number of carbonyl (C=O) groups excluding carboxylic acids is 3. The van der Waals surface area contributed by atoms with Crippen molar-refractivity contribution < 1.29 is 37.6 Å². The van der Waals surface area contributed by atoms with Gasteiger partial charge < -0.3 is 42.8 Å². The average molecular weight is 462 g/mol. The summed E-state index contributed by atoms with van der Waals surface area (Å²) in [7, 11) is -2.19. The van der Waals surface area contributed by atoms with Crippen LogP contribution in [0.25, 0.3) is 0 Å². The number of nitrogens with two attached hydrogens (primary N) is 3. The number of hydrogen-bond donors (Lipinski definition) is 7. The third-order valence-corrected chi connectivity index (χ3v) is 4.17. The van der Waals surface area contributed by atoms with Crippen LogP contribution in [0.2, 0.25) is 0 Å². The van der Waals surface area contributed by atoms with Crippen molar-refractivity contribution in [1.82, 2.24) is 10.2 Å². The molecule has 0 bridgehead atoms. The Hall–Kier alpha value is -2.72. The first kappa shape index (κ1) is 27.3. The van der Waals surface area contributed by atoms with Gasteiger partial charge in [0, 0.05) is 31.9 Å². The minimum absolute atomic E-state index is 0.192. The van der Waals surface area contributed by atoms with Gasteiger partial charge in [0.15, 0.2) is 0 Å². The first-order valence-electron chi connectivity index (χ1n) is 9.48. The molecule has 0 aliphatic heterocycles. The van der Waals surface area contributed by atoms with Gasteiger partial charge in [-0.15, -0.1) is 0 Å². The Balaban J connectivity index is 2.69. The molecule has 0 aliphatic carbocycles. The van der Waals surface area contributed by atoms with Crippen molar-refractivity contribution in [3.63, 3.8) is 0 Å². The number of nitrogens with zero attached hydrogens (tertiary/aromatic N) is 1. The number of hydrogen-bond acceptors (Lipinski definition) is 8. The van der Waals surface area contributed by atoms with E-state index in [0.717, 1.165) is 6.07 Å². The highest BCUT2D eigenvalue weighted by molar-refractivity contribution is 6.58. The molecule has 0 spiro atoms. The molecule has 3 amide bonds. The normalized spacial score (nSPS) is 12.1. The molecule has 32 heavy (non-hydrogen) atoms. The highest BCUT2D eigenvalue weighted by Crippen LogP contribution is 2.30. The Labute approximate surface area is 182 Å². The van der Waals surface area contributed by atoms with Crippen LogP contribution in [0.1, 0.15) is 12.0 Å². The Kier molecular flexibility index (Phi) is 10.5. The van der Waals surface area contributed by atoms with Crippen LogP contribution in [-0.2, 0) is 20.6 Å². The van der Waals surface area contributed by atoms with E-state index in [2.05, 4.69) is 10.6 Å². The Bertz CT molecular complexity index is 805. The molecule has 178 valence electrons. The fourth-order valence-corrected chi connectivity index (χ4v) is 2.62. The van der Waals surface area contributed by atoms with Crippen LogP contribution >= 0.6 is 0 Å². The maximum Gasteiger partial charge on any atom is 0.488 e. The molecule has 0 saturated heterocycles. The maximum atomic E-state index is 13.0. The molecule has 1 rings (SSSR count). The summed E-state index contributed by atoms with van der Waals surface area (Å²) in [6.45, 7) is 0.196. The number of anilines is 1. The molecule has 11 nitrogen and oxygen atoms in total. The zero-order valence-corrected chi connectivity index (χ0v) is 17.1.